The molecule has 1 atom stereocenters. The van der Waals surface area contributed by atoms with Crippen LogP contribution >= 0.6 is 0 Å². The molecule has 0 radical (unpaired) electrons. The first-order valence-electron chi connectivity index (χ1n) is 8.54. The Morgan fingerprint density at radius 2 is 1.88 bits per heavy atom. The number of aliphatic carboxylic acids is 1. The SMILES string of the molecule is Cc1ccc(Oc2ccc(CN3CCNC(C(=O)O)C3)cc2)cc1C. The van der Waals surface area contributed by atoms with Crippen molar-refractivity contribution in [3.8, 4) is 11.5 Å². The molecule has 25 heavy (non-hydrogen) atoms. The van der Waals surface area contributed by atoms with E-state index in [1.165, 1.54) is 11.1 Å². The average molecular weight is 340 g/mol. The zero-order valence-electron chi connectivity index (χ0n) is 14.7. The van der Waals surface area contributed by atoms with Crippen LogP contribution in [0.25, 0.3) is 0 Å². The fourth-order valence-electron chi connectivity index (χ4n) is 2.95. The second-order valence-electron chi connectivity index (χ2n) is 6.57. The molecule has 2 aromatic rings. The molecule has 3 rings (SSSR count). The molecule has 2 aromatic carbocycles. The fourth-order valence-corrected chi connectivity index (χ4v) is 2.95. The molecule has 1 fully saturated rings. The molecule has 0 bridgehead atoms. The number of hydrogen-bond donors (Lipinski definition) is 2. The van der Waals surface area contributed by atoms with Crippen LogP contribution in [0.4, 0.5) is 0 Å². The summed E-state index contributed by atoms with van der Waals surface area (Å²) in [6.45, 7) is 6.98. The van der Waals surface area contributed by atoms with Crippen LogP contribution < -0.4 is 10.1 Å². The number of nitrogens with zero attached hydrogens (tertiary/aromatic N) is 1. The van der Waals surface area contributed by atoms with Crippen molar-refractivity contribution in [3.63, 3.8) is 0 Å². The van der Waals surface area contributed by atoms with Crippen LogP contribution in [0.5, 0.6) is 11.5 Å². The van der Waals surface area contributed by atoms with Crippen molar-refractivity contribution < 1.29 is 14.6 Å². The summed E-state index contributed by atoms with van der Waals surface area (Å²) < 4.78 is 5.91. The van der Waals surface area contributed by atoms with Gasteiger partial charge in [0.15, 0.2) is 0 Å². The maximum absolute atomic E-state index is 11.1. The number of aryl methyl sites for hydroxylation is 2. The molecular weight excluding hydrogens is 316 g/mol. The van der Waals surface area contributed by atoms with Crippen LogP contribution in [0.1, 0.15) is 16.7 Å². The summed E-state index contributed by atoms with van der Waals surface area (Å²) >= 11 is 0. The van der Waals surface area contributed by atoms with Gasteiger partial charge in [-0.2, -0.15) is 0 Å². The lowest BCUT2D eigenvalue weighted by Gasteiger charge is -2.31. The Hall–Kier alpha value is -2.37. The van der Waals surface area contributed by atoms with E-state index < -0.39 is 12.0 Å². The van der Waals surface area contributed by atoms with Crippen LogP contribution in [0.15, 0.2) is 42.5 Å². The van der Waals surface area contributed by atoms with Crippen LogP contribution in [0, 0.1) is 13.8 Å². The van der Waals surface area contributed by atoms with Gasteiger partial charge in [-0.1, -0.05) is 18.2 Å². The lowest BCUT2D eigenvalue weighted by Crippen LogP contribution is -2.53. The standard InChI is InChI=1S/C20H24N2O3/c1-14-3-6-18(11-15(14)2)25-17-7-4-16(5-8-17)12-22-10-9-21-19(13-22)20(23)24/h3-8,11,19,21H,9-10,12-13H2,1-2H3,(H,23,24). The van der Waals surface area contributed by atoms with Crippen molar-refractivity contribution in [2.24, 2.45) is 0 Å². The van der Waals surface area contributed by atoms with Crippen molar-refractivity contribution in [2.75, 3.05) is 19.6 Å². The Bertz CT molecular complexity index is 743. The van der Waals surface area contributed by atoms with Crippen molar-refractivity contribution in [2.45, 2.75) is 26.4 Å². The molecule has 1 aliphatic rings. The van der Waals surface area contributed by atoms with E-state index in [1.807, 2.05) is 36.4 Å². The van der Waals surface area contributed by atoms with E-state index >= 15 is 0 Å². The largest absolute Gasteiger partial charge is 0.480 e. The van der Waals surface area contributed by atoms with Crippen molar-refractivity contribution in [1.29, 1.82) is 0 Å². The van der Waals surface area contributed by atoms with Gasteiger partial charge in [0.25, 0.3) is 0 Å². The van der Waals surface area contributed by atoms with E-state index in [-0.39, 0.29) is 0 Å². The number of benzene rings is 2. The van der Waals surface area contributed by atoms with Crippen LogP contribution in [0.3, 0.4) is 0 Å². The maximum atomic E-state index is 11.1. The molecule has 0 saturated carbocycles. The Kier molecular flexibility index (Phi) is 5.36. The molecule has 132 valence electrons. The maximum Gasteiger partial charge on any atom is 0.322 e. The third kappa shape index (κ3) is 4.59. The molecule has 5 nitrogen and oxygen atoms in total. The molecule has 1 heterocycles. The van der Waals surface area contributed by atoms with Gasteiger partial charge in [-0.25, -0.2) is 0 Å². The van der Waals surface area contributed by atoms with E-state index in [0.29, 0.717) is 13.1 Å². The molecule has 0 aromatic heterocycles. The van der Waals surface area contributed by atoms with E-state index in [2.05, 4.69) is 30.1 Å². The first-order valence-corrected chi connectivity index (χ1v) is 8.54. The van der Waals surface area contributed by atoms with Gasteiger partial charge in [-0.3, -0.25) is 9.69 Å². The molecule has 0 spiro atoms. The summed E-state index contributed by atoms with van der Waals surface area (Å²) in [4.78, 5) is 13.3. The van der Waals surface area contributed by atoms with Gasteiger partial charge >= 0.3 is 5.97 Å². The monoisotopic (exact) mass is 340 g/mol. The van der Waals surface area contributed by atoms with Crippen LogP contribution in [0.2, 0.25) is 0 Å². The summed E-state index contributed by atoms with van der Waals surface area (Å²) in [5.74, 6) is 0.847. The Balaban J connectivity index is 1.60. The number of ether oxygens (including phenoxy) is 1. The molecule has 0 aliphatic carbocycles. The lowest BCUT2D eigenvalue weighted by molar-refractivity contribution is -0.140. The van der Waals surface area contributed by atoms with Crippen molar-refractivity contribution in [3.05, 3.63) is 59.2 Å². The molecule has 1 aliphatic heterocycles. The van der Waals surface area contributed by atoms with Gasteiger partial charge in [-0.15, -0.1) is 0 Å². The topological polar surface area (TPSA) is 61.8 Å². The highest BCUT2D eigenvalue weighted by molar-refractivity contribution is 5.73. The van der Waals surface area contributed by atoms with Gasteiger partial charge in [-0.05, 0) is 54.8 Å². The predicted octanol–water partition coefficient (Wildman–Crippen LogP) is 2.95. The van der Waals surface area contributed by atoms with Crippen LogP contribution in [-0.4, -0.2) is 41.7 Å². The van der Waals surface area contributed by atoms with E-state index in [9.17, 15) is 4.79 Å². The van der Waals surface area contributed by atoms with Gasteiger partial charge in [0.2, 0.25) is 0 Å². The minimum atomic E-state index is -0.790. The molecule has 2 N–H and O–H groups in total. The predicted molar refractivity (Wildman–Crippen MR) is 97.1 cm³/mol. The molecule has 1 unspecified atom stereocenters. The summed E-state index contributed by atoms with van der Waals surface area (Å²) in [5.41, 5.74) is 3.61. The van der Waals surface area contributed by atoms with E-state index in [1.54, 1.807) is 0 Å². The number of nitrogens with one attached hydrogen (secondary N) is 1. The zero-order chi connectivity index (χ0) is 17.8. The minimum Gasteiger partial charge on any atom is -0.480 e. The number of carboxylic acids is 1. The normalized spacial score (nSPS) is 18.1. The lowest BCUT2D eigenvalue weighted by atomic mass is 10.1. The Labute approximate surface area is 148 Å². The molecular formula is C20H24N2O3. The van der Waals surface area contributed by atoms with E-state index in [4.69, 9.17) is 9.84 Å². The number of carboxylic acid groups (broad SMARTS) is 1. The second-order valence-corrected chi connectivity index (χ2v) is 6.57. The zero-order valence-corrected chi connectivity index (χ0v) is 14.7. The fraction of sp³-hybridized carbons (Fsp3) is 0.350. The third-order valence-corrected chi connectivity index (χ3v) is 4.60. The number of rotatable bonds is 5. The Morgan fingerprint density at radius 3 is 2.56 bits per heavy atom. The number of piperazine rings is 1. The Morgan fingerprint density at radius 1 is 1.16 bits per heavy atom. The summed E-state index contributed by atoms with van der Waals surface area (Å²) in [7, 11) is 0. The van der Waals surface area contributed by atoms with Gasteiger partial charge in [0.05, 0.1) is 0 Å². The van der Waals surface area contributed by atoms with Crippen molar-refractivity contribution in [1.82, 2.24) is 10.2 Å². The third-order valence-electron chi connectivity index (χ3n) is 4.60. The highest BCUT2D eigenvalue weighted by Crippen LogP contribution is 2.24. The second kappa shape index (κ2) is 7.68. The average Bonchev–Trinajstić information content (AvgIpc) is 2.60. The first kappa shape index (κ1) is 17.5. The van der Waals surface area contributed by atoms with Crippen LogP contribution in [-0.2, 0) is 11.3 Å². The van der Waals surface area contributed by atoms with Gasteiger partial charge < -0.3 is 15.2 Å². The number of carbonyl (C=O) groups is 1. The van der Waals surface area contributed by atoms with Gasteiger partial charge in [0.1, 0.15) is 17.5 Å². The number of hydrogen-bond acceptors (Lipinski definition) is 4. The minimum absolute atomic E-state index is 0.485. The highest BCUT2D eigenvalue weighted by atomic mass is 16.5. The van der Waals surface area contributed by atoms with Gasteiger partial charge in [0, 0.05) is 26.2 Å². The summed E-state index contributed by atoms with van der Waals surface area (Å²) in [6.07, 6.45) is 0. The smallest absolute Gasteiger partial charge is 0.322 e. The summed E-state index contributed by atoms with van der Waals surface area (Å²) in [5, 5.41) is 12.1. The quantitative estimate of drug-likeness (QED) is 0.876. The molecule has 1 saturated heterocycles. The van der Waals surface area contributed by atoms with Crippen molar-refractivity contribution >= 4 is 5.97 Å². The summed E-state index contributed by atoms with van der Waals surface area (Å²) in [6, 6.07) is 13.6. The van der Waals surface area contributed by atoms with E-state index in [0.717, 1.165) is 30.2 Å². The highest BCUT2D eigenvalue weighted by Gasteiger charge is 2.24. The molecule has 5 heteroatoms. The first-order chi connectivity index (χ1) is 12.0. The molecule has 0 amide bonds.